The molecule has 2 atom stereocenters. The van der Waals surface area contributed by atoms with E-state index in [1.807, 2.05) is 56.3 Å². The minimum absolute atomic E-state index is 0.161. The van der Waals surface area contributed by atoms with Gasteiger partial charge in [-0.05, 0) is 64.4 Å². The first-order valence-electron chi connectivity index (χ1n) is 9.37. The molecule has 1 heterocycles. The highest BCUT2D eigenvalue weighted by Crippen LogP contribution is 2.25. The van der Waals surface area contributed by atoms with Gasteiger partial charge in [0.05, 0.1) is 17.1 Å². The number of imidazole rings is 1. The quantitative estimate of drug-likeness (QED) is 0.696. The maximum atomic E-state index is 12.6. The Bertz CT molecular complexity index is 946. The van der Waals surface area contributed by atoms with Gasteiger partial charge in [0.2, 0.25) is 0 Å². The van der Waals surface area contributed by atoms with E-state index < -0.39 is 6.10 Å². The molecule has 3 aromatic rings. The normalized spacial score (nSPS) is 13.6. The van der Waals surface area contributed by atoms with Gasteiger partial charge in [-0.15, -0.1) is 0 Å². The zero-order valence-electron chi connectivity index (χ0n) is 16.6. The summed E-state index contributed by atoms with van der Waals surface area (Å²) in [5.41, 5.74) is 3.11. The van der Waals surface area contributed by atoms with Gasteiger partial charge in [-0.2, -0.15) is 0 Å². The standard InChI is InChI=1S/C22H27N3O2/c1-14(2)25-20-12-7-6-11-19(20)24-21(25)16(4)23-22(26)17(5)27-18-10-8-9-15(3)13-18/h6-14,16-17H,1-5H3,(H,23,26). The first-order chi connectivity index (χ1) is 12.9. The van der Waals surface area contributed by atoms with Gasteiger partial charge in [0.25, 0.3) is 5.91 Å². The van der Waals surface area contributed by atoms with Gasteiger partial charge in [0.15, 0.2) is 6.10 Å². The molecule has 0 radical (unpaired) electrons. The summed E-state index contributed by atoms with van der Waals surface area (Å²) in [6.45, 7) is 9.95. The van der Waals surface area contributed by atoms with E-state index in [-0.39, 0.29) is 18.0 Å². The van der Waals surface area contributed by atoms with Crippen molar-refractivity contribution in [2.75, 3.05) is 0 Å². The summed E-state index contributed by atoms with van der Waals surface area (Å²) in [5, 5.41) is 3.04. The molecule has 0 bridgehead atoms. The fraction of sp³-hybridized carbons (Fsp3) is 0.364. The van der Waals surface area contributed by atoms with E-state index in [4.69, 9.17) is 9.72 Å². The summed E-state index contributed by atoms with van der Waals surface area (Å²) in [6.07, 6.45) is -0.592. The highest BCUT2D eigenvalue weighted by molar-refractivity contribution is 5.81. The van der Waals surface area contributed by atoms with Crippen molar-refractivity contribution < 1.29 is 9.53 Å². The smallest absolute Gasteiger partial charge is 0.261 e. The van der Waals surface area contributed by atoms with Crippen LogP contribution in [0.25, 0.3) is 11.0 Å². The van der Waals surface area contributed by atoms with Gasteiger partial charge in [-0.1, -0.05) is 24.3 Å². The second-order valence-corrected chi connectivity index (χ2v) is 7.23. The Morgan fingerprint density at radius 1 is 1.07 bits per heavy atom. The van der Waals surface area contributed by atoms with Crippen LogP contribution >= 0.6 is 0 Å². The second-order valence-electron chi connectivity index (χ2n) is 7.23. The summed E-state index contributed by atoms with van der Waals surface area (Å²) in [4.78, 5) is 17.4. The zero-order valence-corrected chi connectivity index (χ0v) is 16.6. The van der Waals surface area contributed by atoms with Crippen molar-refractivity contribution >= 4 is 16.9 Å². The van der Waals surface area contributed by atoms with Crippen LogP contribution in [0.2, 0.25) is 0 Å². The average Bonchev–Trinajstić information content (AvgIpc) is 3.01. The van der Waals surface area contributed by atoms with E-state index in [0.29, 0.717) is 5.75 Å². The van der Waals surface area contributed by atoms with Crippen LogP contribution in [0.5, 0.6) is 5.75 Å². The van der Waals surface area contributed by atoms with Crippen molar-refractivity contribution in [3.8, 4) is 5.75 Å². The lowest BCUT2D eigenvalue weighted by molar-refractivity contribution is -0.128. The number of benzene rings is 2. The fourth-order valence-electron chi connectivity index (χ4n) is 3.25. The molecule has 2 unspecified atom stereocenters. The zero-order chi connectivity index (χ0) is 19.6. The van der Waals surface area contributed by atoms with Crippen LogP contribution in [0.3, 0.4) is 0 Å². The van der Waals surface area contributed by atoms with Gasteiger partial charge in [0, 0.05) is 6.04 Å². The Morgan fingerprint density at radius 3 is 2.52 bits per heavy atom. The predicted octanol–water partition coefficient (Wildman–Crippen LogP) is 4.57. The maximum Gasteiger partial charge on any atom is 0.261 e. The lowest BCUT2D eigenvalue weighted by Gasteiger charge is -2.21. The van der Waals surface area contributed by atoms with Crippen molar-refractivity contribution in [2.24, 2.45) is 0 Å². The number of nitrogens with zero attached hydrogens (tertiary/aromatic N) is 2. The minimum atomic E-state index is -0.592. The summed E-state index contributed by atoms with van der Waals surface area (Å²) >= 11 is 0. The van der Waals surface area contributed by atoms with E-state index in [1.54, 1.807) is 6.92 Å². The van der Waals surface area contributed by atoms with Crippen LogP contribution in [0.15, 0.2) is 48.5 Å². The van der Waals surface area contributed by atoms with E-state index in [2.05, 4.69) is 29.8 Å². The maximum absolute atomic E-state index is 12.6. The van der Waals surface area contributed by atoms with E-state index in [9.17, 15) is 4.79 Å². The van der Waals surface area contributed by atoms with Gasteiger partial charge < -0.3 is 14.6 Å². The van der Waals surface area contributed by atoms with Crippen LogP contribution in [0.4, 0.5) is 0 Å². The number of amides is 1. The molecule has 1 amide bonds. The number of nitrogens with one attached hydrogen (secondary N) is 1. The largest absolute Gasteiger partial charge is 0.481 e. The molecule has 5 nitrogen and oxygen atoms in total. The first kappa shape index (κ1) is 19.0. The molecule has 0 spiro atoms. The number of aromatic nitrogens is 2. The first-order valence-corrected chi connectivity index (χ1v) is 9.37. The Morgan fingerprint density at radius 2 is 1.81 bits per heavy atom. The van der Waals surface area contributed by atoms with Crippen molar-refractivity contribution in [1.29, 1.82) is 0 Å². The van der Waals surface area contributed by atoms with Crippen molar-refractivity contribution in [3.05, 3.63) is 59.9 Å². The Kier molecular flexibility index (Phi) is 5.49. The third-order valence-electron chi connectivity index (χ3n) is 4.56. The number of para-hydroxylation sites is 2. The summed E-state index contributed by atoms with van der Waals surface area (Å²) in [5.74, 6) is 1.38. The molecule has 27 heavy (non-hydrogen) atoms. The molecular formula is C22H27N3O2. The Labute approximate surface area is 160 Å². The van der Waals surface area contributed by atoms with Crippen molar-refractivity contribution in [3.63, 3.8) is 0 Å². The predicted molar refractivity (Wildman–Crippen MR) is 108 cm³/mol. The van der Waals surface area contributed by atoms with Crippen molar-refractivity contribution in [2.45, 2.75) is 52.8 Å². The van der Waals surface area contributed by atoms with Crippen molar-refractivity contribution in [1.82, 2.24) is 14.9 Å². The summed E-state index contributed by atoms with van der Waals surface area (Å²) in [6, 6.07) is 15.8. The summed E-state index contributed by atoms with van der Waals surface area (Å²) < 4.78 is 7.96. The average molecular weight is 365 g/mol. The lowest BCUT2D eigenvalue weighted by atomic mass is 10.2. The summed E-state index contributed by atoms with van der Waals surface area (Å²) in [7, 11) is 0. The van der Waals surface area contributed by atoms with Crippen LogP contribution in [-0.4, -0.2) is 21.6 Å². The second kappa shape index (κ2) is 7.82. The highest BCUT2D eigenvalue weighted by atomic mass is 16.5. The van der Waals surface area contributed by atoms with E-state index in [0.717, 1.165) is 22.4 Å². The van der Waals surface area contributed by atoms with Crippen LogP contribution < -0.4 is 10.1 Å². The molecule has 2 aromatic carbocycles. The highest BCUT2D eigenvalue weighted by Gasteiger charge is 2.23. The lowest BCUT2D eigenvalue weighted by Crippen LogP contribution is -2.38. The number of carbonyl (C=O) groups excluding carboxylic acids is 1. The monoisotopic (exact) mass is 365 g/mol. The molecule has 0 aliphatic heterocycles. The van der Waals surface area contributed by atoms with E-state index >= 15 is 0 Å². The number of fused-ring (bicyclic) bond motifs is 1. The van der Waals surface area contributed by atoms with E-state index in [1.165, 1.54) is 0 Å². The number of aryl methyl sites for hydroxylation is 1. The van der Waals surface area contributed by atoms with Crippen LogP contribution in [0, 0.1) is 6.92 Å². The number of ether oxygens (including phenoxy) is 1. The van der Waals surface area contributed by atoms with Gasteiger partial charge in [-0.3, -0.25) is 4.79 Å². The van der Waals surface area contributed by atoms with Crippen LogP contribution in [-0.2, 0) is 4.79 Å². The fourth-order valence-corrected chi connectivity index (χ4v) is 3.25. The van der Waals surface area contributed by atoms with Gasteiger partial charge in [-0.25, -0.2) is 4.98 Å². The molecule has 1 N–H and O–H groups in total. The van der Waals surface area contributed by atoms with Gasteiger partial charge in [0.1, 0.15) is 11.6 Å². The Hall–Kier alpha value is -2.82. The third-order valence-corrected chi connectivity index (χ3v) is 4.56. The van der Waals surface area contributed by atoms with Crippen LogP contribution in [0.1, 0.15) is 51.2 Å². The molecule has 0 fully saturated rings. The SMILES string of the molecule is Cc1cccc(OC(C)C(=O)NC(C)c2nc3ccccc3n2C(C)C)c1. The number of hydrogen-bond donors (Lipinski definition) is 1. The minimum Gasteiger partial charge on any atom is -0.481 e. The molecule has 1 aromatic heterocycles. The Balaban J connectivity index is 1.76. The molecule has 0 aliphatic carbocycles. The molecule has 3 rings (SSSR count). The third kappa shape index (κ3) is 4.13. The molecule has 0 saturated carbocycles. The molecule has 0 aliphatic rings. The molecule has 0 saturated heterocycles. The number of carbonyl (C=O) groups is 1. The molecule has 142 valence electrons. The topological polar surface area (TPSA) is 56.1 Å². The van der Waals surface area contributed by atoms with Gasteiger partial charge >= 0.3 is 0 Å². The molecule has 5 heteroatoms. The number of hydrogen-bond acceptors (Lipinski definition) is 3. The molecular weight excluding hydrogens is 338 g/mol. The number of rotatable bonds is 6.